The fourth-order valence-electron chi connectivity index (χ4n) is 2.25. The van der Waals surface area contributed by atoms with Gasteiger partial charge >= 0.3 is 0 Å². The predicted octanol–water partition coefficient (Wildman–Crippen LogP) is 2.54. The molecule has 0 spiro atoms. The van der Waals surface area contributed by atoms with E-state index in [1.807, 2.05) is 0 Å². The van der Waals surface area contributed by atoms with E-state index in [1.165, 1.54) is 30.0 Å². The molecule has 0 radical (unpaired) electrons. The Morgan fingerprint density at radius 2 is 2.12 bits per heavy atom. The van der Waals surface area contributed by atoms with Gasteiger partial charge in [-0.15, -0.1) is 5.10 Å². The minimum atomic E-state index is -1.08. The fourth-order valence-corrected chi connectivity index (χ4v) is 2.25. The van der Waals surface area contributed by atoms with Gasteiger partial charge in [-0.3, -0.25) is 10.1 Å². The topological polar surface area (TPSA) is 92.3 Å². The van der Waals surface area contributed by atoms with Crippen LogP contribution in [0.25, 0.3) is 16.8 Å². The van der Waals surface area contributed by atoms with Gasteiger partial charge in [0.15, 0.2) is 17.2 Å². The number of ether oxygens (including phenoxy) is 1. The third-order valence-corrected chi connectivity index (χ3v) is 3.40. The van der Waals surface area contributed by atoms with Crippen molar-refractivity contribution in [2.75, 3.05) is 12.4 Å². The summed E-state index contributed by atoms with van der Waals surface area (Å²) in [6.07, 6.45) is 1.13. The summed E-state index contributed by atoms with van der Waals surface area (Å²) in [5, 5.41) is 14.9. The number of nitrogens with zero attached hydrogens (tertiary/aromatic N) is 4. The number of amides is 1. The van der Waals surface area contributed by atoms with Gasteiger partial charge < -0.3 is 4.74 Å². The fraction of sp³-hybridized carbons (Fsp3) is 0.125. The minimum absolute atomic E-state index is 0.0128. The molecule has 0 saturated heterocycles. The van der Waals surface area contributed by atoms with Crippen LogP contribution in [0.2, 0.25) is 0 Å². The van der Waals surface area contributed by atoms with Gasteiger partial charge in [0.05, 0.1) is 13.2 Å². The lowest BCUT2D eigenvalue weighted by Crippen LogP contribution is -2.11. The molecule has 0 unspecified atom stereocenters. The lowest BCUT2D eigenvalue weighted by atomic mass is 10.1. The molecule has 2 aromatic heterocycles. The first-order valence-electron chi connectivity index (χ1n) is 7.09. The van der Waals surface area contributed by atoms with E-state index >= 15 is 0 Å². The van der Waals surface area contributed by atoms with Gasteiger partial charge in [0.25, 0.3) is 0 Å². The lowest BCUT2D eigenvalue weighted by Gasteiger charge is -2.07. The maximum atomic E-state index is 14.2. The number of pyridine rings is 1. The number of fused-ring (bicyclic) bond motifs is 1. The number of nitriles is 1. The molecule has 0 aliphatic carbocycles. The van der Waals surface area contributed by atoms with Crippen molar-refractivity contribution in [1.29, 1.82) is 5.26 Å². The number of rotatable bonds is 4. The maximum Gasteiger partial charge on any atom is 0.249 e. The average molecular weight is 343 g/mol. The van der Waals surface area contributed by atoms with Gasteiger partial charge in [-0.05, 0) is 24.3 Å². The van der Waals surface area contributed by atoms with Crippen LogP contribution in [0.15, 0.2) is 30.5 Å². The molecule has 0 atom stereocenters. The van der Waals surface area contributed by atoms with Crippen molar-refractivity contribution >= 4 is 17.5 Å². The van der Waals surface area contributed by atoms with Crippen molar-refractivity contribution in [3.63, 3.8) is 0 Å². The Bertz CT molecular complexity index is 1010. The van der Waals surface area contributed by atoms with E-state index in [2.05, 4.69) is 15.4 Å². The number of hydrogen-bond acceptors (Lipinski definition) is 5. The van der Waals surface area contributed by atoms with Crippen LogP contribution in [-0.4, -0.2) is 27.6 Å². The molecule has 0 bridgehead atoms. The summed E-state index contributed by atoms with van der Waals surface area (Å²) in [4.78, 5) is 15.5. The highest BCUT2D eigenvalue weighted by Crippen LogP contribution is 2.29. The first-order valence-corrected chi connectivity index (χ1v) is 7.09. The van der Waals surface area contributed by atoms with Crippen molar-refractivity contribution in [2.45, 2.75) is 6.42 Å². The van der Waals surface area contributed by atoms with E-state index in [4.69, 9.17) is 10.00 Å². The number of nitrogens with one attached hydrogen (secondary N) is 1. The summed E-state index contributed by atoms with van der Waals surface area (Å²) in [7, 11) is 1.25. The molecule has 3 aromatic rings. The largest absolute Gasteiger partial charge is 0.494 e. The summed E-state index contributed by atoms with van der Waals surface area (Å²) < 4.78 is 34.1. The van der Waals surface area contributed by atoms with Crippen LogP contribution in [0.5, 0.6) is 5.75 Å². The second-order valence-electron chi connectivity index (χ2n) is 4.98. The van der Waals surface area contributed by atoms with Crippen LogP contribution in [0.4, 0.5) is 14.7 Å². The van der Waals surface area contributed by atoms with Crippen LogP contribution in [0.3, 0.4) is 0 Å². The molecule has 0 fully saturated rings. The highest BCUT2D eigenvalue weighted by atomic mass is 19.2. The standard InChI is InChI=1S/C16H11F2N5O2/c1-25-11-4-3-10(14(17)15(11)18)9-2-5-12-20-16(22-23(12)8-9)21-13(24)6-7-19/h2-5,8H,6H2,1H3,(H,21,22,24). The molecule has 126 valence electrons. The second kappa shape index (κ2) is 6.52. The maximum absolute atomic E-state index is 14.2. The summed E-state index contributed by atoms with van der Waals surface area (Å²) in [6.45, 7) is 0. The van der Waals surface area contributed by atoms with Crippen molar-refractivity contribution in [2.24, 2.45) is 0 Å². The van der Waals surface area contributed by atoms with Crippen molar-refractivity contribution in [3.05, 3.63) is 42.1 Å². The third kappa shape index (κ3) is 3.10. The van der Waals surface area contributed by atoms with E-state index < -0.39 is 17.5 Å². The number of carbonyl (C=O) groups excluding carboxylic acids is 1. The number of anilines is 1. The molecule has 0 aliphatic heterocycles. The SMILES string of the molecule is COc1ccc(-c2ccc3nc(NC(=O)CC#N)nn3c2)c(F)c1F. The Labute approximate surface area is 140 Å². The Kier molecular flexibility index (Phi) is 4.26. The molecule has 7 nitrogen and oxygen atoms in total. The second-order valence-corrected chi connectivity index (χ2v) is 4.98. The number of halogens is 2. The number of carbonyl (C=O) groups is 1. The van der Waals surface area contributed by atoms with Crippen LogP contribution in [-0.2, 0) is 4.79 Å². The van der Waals surface area contributed by atoms with Gasteiger partial charge in [0.1, 0.15) is 6.42 Å². The molecular formula is C16H11F2N5O2. The first kappa shape index (κ1) is 16.3. The van der Waals surface area contributed by atoms with Crippen LogP contribution in [0, 0.1) is 23.0 Å². The molecule has 0 saturated carbocycles. The van der Waals surface area contributed by atoms with Crippen molar-refractivity contribution < 1.29 is 18.3 Å². The highest BCUT2D eigenvalue weighted by molar-refractivity contribution is 5.90. The van der Waals surface area contributed by atoms with Crippen molar-refractivity contribution in [3.8, 4) is 22.9 Å². The summed E-state index contributed by atoms with van der Waals surface area (Å²) in [5.74, 6) is -2.84. The molecule has 1 N–H and O–H groups in total. The normalized spacial score (nSPS) is 10.5. The predicted molar refractivity (Wildman–Crippen MR) is 83.8 cm³/mol. The Morgan fingerprint density at radius 3 is 2.84 bits per heavy atom. The number of methoxy groups -OCH3 is 1. The molecule has 3 rings (SSSR count). The lowest BCUT2D eigenvalue weighted by molar-refractivity contribution is -0.115. The third-order valence-electron chi connectivity index (χ3n) is 3.40. The van der Waals surface area contributed by atoms with Crippen molar-refractivity contribution in [1.82, 2.24) is 14.6 Å². The quantitative estimate of drug-likeness (QED) is 0.786. The highest BCUT2D eigenvalue weighted by Gasteiger charge is 2.16. The monoisotopic (exact) mass is 343 g/mol. The summed E-state index contributed by atoms with van der Waals surface area (Å²) in [5.41, 5.74) is 0.794. The minimum Gasteiger partial charge on any atom is -0.494 e. The summed E-state index contributed by atoms with van der Waals surface area (Å²) >= 11 is 0. The number of aromatic nitrogens is 3. The van der Waals surface area contributed by atoms with Crippen LogP contribution < -0.4 is 10.1 Å². The van der Waals surface area contributed by atoms with E-state index in [1.54, 1.807) is 18.2 Å². The Balaban J connectivity index is 1.98. The van der Waals surface area contributed by atoms with Crippen LogP contribution in [0.1, 0.15) is 6.42 Å². The molecule has 1 aromatic carbocycles. The number of benzene rings is 1. The Hall–Kier alpha value is -3.54. The average Bonchev–Trinajstić information content (AvgIpc) is 2.98. The molecule has 1 amide bonds. The molecule has 0 aliphatic rings. The smallest absolute Gasteiger partial charge is 0.249 e. The van der Waals surface area contributed by atoms with Gasteiger partial charge in [0, 0.05) is 17.3 Å². The van der Waals surface area contributed by atoms with E-state index in [0.29, 0.717) is 11.2 Å². The zero-order valence-corrected chi connectivity index (χ0v) is 13.0. The van der Waals surface area contributed by atoms with E-state index in [0.717, 1.165) is 0 Å². The van der Waals surface area contributed by atoms with E-state index in [9.17, 15) is 13.6 Å². The molecule has 9 heteroatoms. The molecule has 2 heterocycles. The van der Waals surface area contributed by atoms with Gasteiger partial charge in [-0.25, -0.2) is 8.91 Å². The van der Waals surface area contributed by atoms with E-state index in [-0.39, 0.29) is 23.7 Å². The van der Waals surface area contributed by atoms with Gasteiger partial charge in [-0.2, -0.15) is 14.6 Å². The van der Waals surface area contributed by atoms with Gasteiger partial charge in [-0.1, -0.05) is 0 Å². The first-order chi connectivity index (χ1) is 12.0. The Morgan fingerprint density at radius 1 is 1.32 bits per heavy atom. The summed E-state index contributed by atoms with van der Waals surface area (Å²) in [6, 6.07) is 7.53. The van der Waals surface area contributed by atoms with Crippen LogP contribution >= 0.6 is 0 Å². The zero-order chi connectivity index (χ0) is 18.0. The van der Waals surface area contributed by atoms with Gasteiger partial charge in [0.2, 0.25) is 17.7 Å². The molecular weight excluding hydrogens is 332 g/mol. The number of hydrogen-bond donors (Lipinski definition) is 1. The molecule has 25 heavy (non-hydrogen) atoms. The zero-order valence-electron chi connectivity index (χ0n) is 13.0.